The molecule has 3 aromatic rings. The fourth-order valence-electron chi connectivity index (χ4n) is 4.58. The maximum Gasteiger partial charge on any atom is 0.329 e. The van der Waals surface area contributed by atoms with Crippen LogP contribution in [0.1, 0.15) is 11.1 Å². The number of aryl methyl sites for hydroxylation is 1. The summed E-state index contributed by atoms with van der Waals surface area (Å²) in [6, 6.07) is 14.2. The van der Waals surface area contributed by atoms with Crippen molar-refractivity contribution in [2.45, 2.75) is 26.9 Å². The number of anilines is 1. The van der Waals surface area contributed by atoms with E-state index in [0.29, 0.717) is 13.1 Å². The standard InChI is InChI=1S/C24H33N5O3S/c1-19-7-6-10-21(20(19)2)27-16-13-26(14-17-27)15-18-29-23-9-5-4-8-22(23)28(24(29)30)12-11-25-33(3,31)32/h4-10,25H,11-18H2,1-3H3. The monoisotopic (exact) mass is 471 g/mol. The quantitative estimate of drug-likeness (QED) is 0.542. The van der Waals surface area contributed by atoms with Gasteiger partial charge in [-0.2, -0.15) is 0 Å². The third-order valence-electron chi connectivity index (χ3n) is 6.55. The van der Waals surface area contributed by atoms with Crippen molar-refractivity contribution >= 4 is 26.7 Å². The van der Waals surface area contributed by atoms with Crippen LogP contribution in [-0.4, -0.2) is 68.0 Å². The van der Waals surface area contributed by atoms with Crippen LogP contribution < -0.4 is 15.3 Å². The average Bonchev–Trinajstić information content (AvgIpc) is 3.05. The molecule has 9 heteroatoms. The van der Waals surface area contributed by atoms with Gasteiger partial charge >= 0.3 is 5.69 Å². The van der Waals surface area contributed by atoms with Gasteiger partial charge < -0.3 is 4.90 Å². The molecule has 33 heavy (non-hydrogen) atoms. The number of benzene rings is 2. The first-order valence-electron chi connectivity index (χ1n) is 11.4. The predicted octanol–water partition coefficient (Wildman–Crippen LogP) is 1.79. The number of fused-ring (bicyclic) bond motifs is 1. The molecule has 1 N–H and O–H groups in total. The first-order valence-corrected chi connectivity index (χ1v) is 13.3. The van der Waals surface area contributed by atoms with Gasteiger partial charge in [0.2, 0.25) is 10.0 Å². The fraction of sp³-hybridized carbons (Fsp3) is 0.458. The largest absolute Gasteiger partial charge is 0.369 e. The zero-order chi connectivity index (χ0) is 23.6. The van der Waals surface area contributed by atoms with E-state index in [9.17, 15) is 13.2 Å². The van der Waals surface area contributed by atoms with Crippen LogP contribution >= 0.6 is 0 Å². The minimum Gasteiger partial charge on any atom is -0.369 e. The van der Waals surface area contributed by atoms with Crippen molar-refractivity contribution in [3.05, 3.63) is 64.1 Å². The number of nitrogens with zero attached hydrogens (tertiary/aromatic N) is 4. The van der Waals surface area contributed by atoms with Crippen LogP contribution in [0.5, 0.6) is 0 Å². The van der Waals surface area contributed by atoms with Gasteiger partial charge in [0.1, 0.15) is 0 Å². The van der Waals surface area contributed by atoms with Crippen LogP contribution in [0.15, 0.2) is 47.3 Å². The molecule has 1 aliphatic rings. The highest BCUT2D eigenvalue weighted by atomic mass is 32.2. The number of hydrogen-bond acceptors (Lipinski definition) is 5. The minimum atomic E-state index is -3.29. The number of imidazole rings is 1. The second-order valence-electron chi connectivity index (χ2n) is 8.79. The Labute approximate surface area is 195 Å². The predicted molar refractivity (Wildman–Crippen MR) is 134 cm³/mol. The van der Waals surface area contributed by atoms with E-state index in [1.807, 2.05) is 28.8 Å². The first-order chi connectivity index (χ1) is 15.7. The minimum absolute atomic E-state index is 0.0967. The number of piperazine rings is 1. The van der Waals surface area contributed by atoms with Gasteiger partial charge in [0.05, 0.1) is 17.3 Å². The molecule has 2 heterocycles. The Morgan fingerprint density at radius 3 is 2.12 bits per heavy atom. The normalized spacial score (nSPS) is 15.4. The lowest BCUT2D eigenvalue weighted by molar-refractivity contribution is 0.248. The molecule has 1 fully saturated rings. The molecule has 0 amide bonds. The van der Waals surface area contributed by atoms with E-state index in [0.717, 1.165) is 50.0 Å². The van der Waals surface area contributed by atoms with Crippen molar-refractivity contribution in [1.82, 2.24) is 18.8 Å². The highest BCUT2D eigenvalue weighted by molar-refractivity contribution is 7.88. The van der Waals surface area contributed by atoms with Gasteiger partial charge in [-0.1, -0.05) is 24.3 Å². The highest BCUT2D eigenvalue weighted by Gasteiger charge is 2.20. The van der Waals surface area contributed by atoms with Crippen LogP contribution in [0.3, 0.4) is 0 Å². The first kappa shape index (κ1) is 23.5. The molecule has 1 aliphatic heterocycles. The van der Waals surface area contributed by atoms with E-state index in [2.05, 4.69) is 46.6 Å². The van der Waals surface area contributed by atoms with E-state index in [-0.39, 0.29) is 12.2 Å². The Bertz CT molecular complexity index is 1290. The van der Waals surface area contributed by atoms with Crippen molar-refractivity contribution < 1.29 is 8.42 Å². The Balaban J connectivity index is 1.42. The third kappa shape index (κ3) is 5.31. The van der Waals surface area contributed by atoms with Gasteiger partial charge in [0.15, 0.2) is 0 Å². The third-order valence-corrected chi connectivity index (χ3v) is 7.28. The lowest BCUT2D eigenvalue weighted by Gasteiger charge is -2.37. The van der Waals surface area contributed by atoms with E-state index < -0.39 is 10.0 Å². The van der Waals surface area contributed by atoms with Gasteiger partial charge in [-0.25, -0.2) is 17.9 Å². The molecule has 8 nitrogen and oxygen atoms in total. The summed E-state index contributed by atoms with van der Waals surface area (Å²) in [5, 5.41) is 0. The van der Waals surface area contributed by atoms with Gasteiger partial charge in [-0.15, -0.1) is 0 Å². The summed E-state index contributed by atoms with van der Waals surface area (Å²) in [4.78, 5) is 18.0. The van der Waals surface area contributed by atoms with Gasteiger partial charge in [0, 0.05) is 58.0 Å². The molecule has 0 spiro atoms. The van der Waals surface area contributed by atoms with E-state index in [1.54, 1.807) is 4.57 Å². The number of rotatable bonds is 8. The van der Waals surface area contributed by atoms with Crippen molar-refractivity contribution in [1.29, 1.82) is 0 Å². The van der Waals surface area contributed by atoms with Crippen molar-refractivity contribution in [3.8, 4) is 0 Å². The molecular formula is C24H33N5O3S. The molecule has 1 aromatic heterocycles. The lowest BCUT2D eigenvalue weighted by Crippen LogP contribution is -2.47. The Morgan fingerprint density at radius 2 is 1.48 bits per heavy atom. The van der Waals surface area contributed by atoms with Gasteiger partial charge in [-0.3, -0.25) is 14.0 Å². The molecular weight excluding hydrogens is 438 g/mol. The number of hydrogen-bond donors (Lipinski definition) is 1. The van der Waals surface area contributed by atoms with Crippen LogP contribution in [0.2, 0.25) is 0 Å². The SMILES string of the molecule is Cc1cccc(N2CCN(CCn3c(=O)n(CCNS(C)(=O)=O)c4ccccc43)CC2)c1C. The van der Waals surface area contributed by atoms with Gasteiger partial charge in [-0.05, 0) is 43.2 Å². The number of para-hydroxylation sites is 2. The van der Waals surface area contributed by atoms with Crippen LogP contribution in [-0.2, 0) is 23.1 Å². The average molecular weight is 472 g/mol. The molecule has 0 radical (unpaired) electrons. The second-order valence-corrected chi connectivity index (χ2v) is 10.6. The van der Waals surface area contributed by atoms with Gasteiger partial charge in [0.25, 0.3) is 0 Å². The molecule has 1 saturated heterocycles. The Morgan fingerprint density at radius 1 is 0.848 bits per heavy atom. The smallest absolute Gasteiger partial charge is 0.329 e. The summed E-state index contributed by atoms with van der Waals surface area (Å²) in [6.07, 6.45) is 1.12. The summed E-state index contributed by atoms with van der Waals surface area (Å²) in [7, 11) is -3.29. The second kappa shape index (κ2) is 9.70. The maximum absolute atomic E-state index is 13.1. The molecule has 0 saturated carbocycles. The molecule has 0 atom stereocenters. The highest BCUT2D eigenvalue weighted by Crippen LogP contribution is 2.24. The van der Waals surface area contributed by atoms with Crippen molar-refractivity contribution in [2.24, 2.45) is 0 Å². The maximum atomic E-state index is 13.1. The Hall–Kier alpha value is -2.62. The summed E-state index contributed by atoms with van der Waals surface area (Å²) in [5.41, 5.74) is 5.60. The van der Waals surface area contributed by atoms with E-state index in [4.69, 9.17) is 0 Å². The summed E-state index contributed by atoms with van der Waals surface area (Å²) < 4.78 is 28.7. The number of nitrogens with one attached hydrogen (secondary N) is 1. The summed E-state index contributed by atoms with van der Waals surface area (Å²) >= 11 is 0. The molecule has 0 aliphatic carbocycles. The van der Waals surface area contributed by atoms with Crippen molar-refractivity contribution in [2.75, 3.05) is 50.4 Å². The zero-order valence-electron chi connectivity index (χ0n) is 19.6. The number of sulfonamides is 1. The van der Waals surface area contributed by atoms with Crippen LogP contribution in [0, 0.1) is 13.8 Å². The molecule has 2 aromatic carbocycles. The lowest BCUT2D eigenvalue weighted by atomic mass is 10.1. The topological polar surface area (TPSA) is 79.6 Å². The Kier molecular flexibility index (Phi) is 6.92. The van der Waals surface area contributed by atoms with Crippen LogP contribution in [0.4, 0.5) is 5.69 Å². The van der Waals surface area contributed by atoms with E-state index in [1.165, 1.54) is 16.8 Å². The summed E-state index contributed by atoms with van der Waals surface area (Å²) in [6.45, 7) is 10.1. The van der Waals surface area contributed by atoms with Crippen molar-refractivity contribution in [3.63, 3.8) is 0 Å². The molecule has 178 valence electrons. The molecule has 4 rings (SSSR count). The van der Waals surface area contributed by atoms with E-state index >= 15 is 0 Å². The fourth-order valence-corrected chi connectivity index (χ4v) is 5.04. The molecule has 0 bridgehead atoms. The zero-order valence-corrected chi connectivity index (χ0v) is 20.4. The summed E-state index contributed by atoms with van der Waals surface area (Å²) in [5.74, 6) is 0. The number of aromatic nitrogens is 2. The molecule has 0 unspecified atom stereocenters. The van der Waals surface area contributed by atoms with Crippen LogP contribution in [0.25, 0.3) is 11.0 Å².